The molecule has 0 amide bonds. The summed E-state index contributed by atoms with van der Waals surface area (Å²) in [4.78, 5) is 0. The van der Waals surface area contributed by atoms with Crippen LogP contribution in [-0.4, -0.2) is 52.9 Å². The third kappa shape index (κ3) is 59.4. The van der Waals surface area contributed by atoms with Crippen LogP contribution in [0.4, 0.5) is 0 Å². The Morgan fingerprint density at radius 3 is 0.522 bits per heavy atom. The Balaban J connectivity index is -0.000000124. The molecule has 23 heavy (non-hydrogen) atoms. The minimum absolute atomic E-state index is 0. The van der Waals surface area contributed by atoms with Crippen molar-refractivity contribution < 1.29 is 17.1 Å². The van der Waals surface area contributed by atoms with Gasteiger partial charge in [-0.3, -0.25) is 0 Å². The van der Waals surface area contributed by atoms with E-state index >= 15 is 0 Å². The summed E-state index contributed by atoms with van der Waals surface area (Å²) in [5.41, 5.74) is 0. The predicted octanol–water partition coefficient (Wildman–Crippen LogP) is 7.15. The van der Waals surface area contributed by atoms with Gasteiger partial charge in [-0.05, 0) is 7.92 Å². The topological polar surface area (TPSA) is 28.2 Å². The average Bonchev–Trinajstić information content (AvgIpc) is 1.84. The first-order chi connectivity index (χ1) is 9.15. The van der Waals surface area contributed by atoms with Gasteiger partial charge in [0.1, 0.15) is 0 Å². The molecule has 0 radical (unpaired) electrons. The summed E-state index contributed by atoms with van der Waals surface area (Å²) in [5.74, 6) is 0. The van der Waals surface area contributed by atoms with Crippen molar-refractivity contribution in [1.29, 1.82) is 0 Å². The summed E-state index contributed by atoms with van der Waals surface area (Å²) in [6.07, 6.45) is 0. The summed E-state index contributed by atoms with van der Waals surface area (Å²) < 4.78 is 9.64. The molecule has 0 bridgehead atoms. The fraction of sp³-hybridized carbons (Fsp3) is 1.00. The molecular weight excluding hydrogens is 407 g/mol. The third-order valence-electron chi connectivity index (χ3n) is 1.34. The molecule has 0 aliphatic carbocycles. The van der Waals surface area contributed by atoms with E-state index in [1.807, 2.05) is 0 Å². The normalized spacial score (nSPS) is 12.5. The quantitative estimate of drug-likeness (QED) is 0.319. The van der Waals surface area contributed by atoms with E-state index in [1.165, 1.54) is 0 Å². The van der Waals surface area contributed by atoms with Crippen LogP contribution in [0, 0.1) is 0 Å². The van der Waals surface area contributed by atoms with Gasteiger partial charge in [0.05, 0.1) is 0 Å². The van der Waals surface area contributed by atoms with E-state index in [0.29, 0.717) is 0 Å². The van der Waals surface area contributed by atoms with Gasteiger partial charge in [-0.2, -0.15) is 0 Å². The van der Waals surface area contributed by atoms with E-state index in [-0.39, 0.29) is 25.0 Å². The first-order valence-corrected chi connectivity index (χ1v) is 25.2. The van der Waals surface area contributed by atoms with Gasteiger partial charge < -0.3 is 9.30 Å². The molecule has 0 spiro atoms. The van der Waals surface area contributed by atoms with Gasteiger partial charge in [-0.25, -0.2) is 0 Å². The Bertz CT molecular complexity index is 224. The summed E-state index contributed by atoms with van der Waals surface area (Å²) in [7, 11) is -4.30. The largest absolute Gasteiger partial charge is 2.00 e. The van der Waals surface area contributed by atoms with Gasteiger partial charge in [0, 0.05) is 20.0 Å². The number of hydrogen-bond donors (Lipinski definition) is 0. The van der Waals surface area contributed by atoms with Crippen LogP contribution in [0.5, 0.6) is 0 Å². The minimum Gasteiger partial charge on any atom is -0.668 e. The van der Waals surface area contributed by atoms with Crippen LogP contribution < -0.4 is 0 Å². The van der Waals surface area contributed by atoms with Crippen molar-refractivity contribution in [3.05, 3.63) is 9.30 Å². The number of rotatable bonds is 4. The Kier molecular flexibility index (Phi) is 18.3. The van der Waals surface area contributed by atoms with Crippen molar-refractivity contribution in [3.63, 3.8) is 0 Å². The molecule has 0 saturated heterocycles. The zero-order valence-corrected chi connectivity index (χ0v) is 24.9. The standard InChI is InChI=1S/2C6H18NSi2.C3H9P.Fe/c2*1-8(2,3)7-9(4,5)6;1-4(2)3;/h2*1-6H3;1-3H3;/q2*-1;;+2/p+1. The number of hydrogen-bond acceptors (Lipinski definition) is 0. The molecule has 0 aliphatic rings. The van der Waals surface area contributed by atoms with E-state index in [1.54, 1.807) is 0 Å². The van der Waals surface area contributed by atoms with Gasteiger partial charge in [-0.15, -0.1) is 0 Å². The first-order valence-electron chi connectivity index (χ1n) is 8.39. The SMILES string of the molecule is C[PH+](C)C.C[Si](C)(C)[N-][Si](C)(C)C.C[Si](C)(C)[N-][Si](C)(C)C.[Fe+2]. The van der Waals surface area contributed by atoms with E-state index < -0.39 is 32.9 Å². The first kappa shape index (κ1) is 32.4. The molecule has 0 unspecified atom stereocenters. The van der Waals surface area contributed by atoms with E-state index in [2.05, 4.69) is 98.6 Å². The summed E-state index contributed by atoms with van der Waals surface area (Å²) >= 11 is 0. The second-order valence-corrected chi connectivity index (χ2v) is 32.6. The smallest absolute Gasteiger partial charge is 0.668 e. The molecule has 144 valence electrons. The molecule has 0 aliphatic heterocycles. The van der Waals surface area contributed by atoms with Gasteiger partial charge in [0.2, 0.25) is 0 Å². The predicted molar refractivity (Wildman–Crippen MR) is 126 cm³/mol. The molecule has 0 fully saturated rings. The molecule has 8 heteroatoms. The van der Waals surface area contributed by atoms with Crippen molar-refractivity contribution in [2.24, 2.45) is 0 Å². The minimum atomic E-state index is -1.11. The second kappa shape index (κ2) is 13.0. The zero-order chi connectivity index (χ0) is 19.0. The van der Waals surface area contributed by atoms with Crippen LogP contribution in [0.3, 0.4) is 0 Å². The van der Waals surface area contributed by atoms with Crippen molar-refractivity contribution >= 4 is 40.9 Å². The molecule has 0 rings (SSSR count). The number of nitrogens with zero attached hydrogens (tertiary/aromatic N) is 2. The molecule has 0 aromatic heterocycles. The van der Waals surface area contributed by atoms with Crippen LogP contribution in [0.15, 0.2) is 0 Å². The molecule has 0 aromatic carbocycles. The maximum absolute atomic E-state index is 4.82. The summed E-state index contributed by atoms with van der Waals surface area (Å²) in [5, 5.41) is 0. The van der Waals surface area contributed by atoms with E-state index in [0.717, 1.165) is 0 Å². The molecule has 0 atom stereocenters. The fourth-order valence-corrected chi connectivity index (χ4v) is 18.1. The van der Waals surface area contributed by atoms with E-state index in [4.69, 9.17) is 9.30 Å². The Morgan fingerprint density at radius 2 is 0.522 bits per heavy atom. The maximum atomic E-state index is 4.82. The van der Waals surface area contributed by atoms with Crippen LogP contribution in [0.25, 0.3) is 9.30 Å². The van der Waals surface area contributed by atoms with Crippen molar-refractivity contribution in [3.8, 4) is 0 Å². The average molecular weight is 454 g/mol. The van der Waals surface area contributed by atoms with Crippen molar-refractivity contribution in [2.75, 3.05) is 20.0 Å². The molecule has 2 nitrogen and oxygen atoms in total. The van der Waals surface area contributed by atoms with Crippen molar-refractivity contribution in [2.45, 2.75) is 78.6 Å². The molecule has 0 N–H and O–H groups in total. The maximum Gasteiger partial charge on any atom is 2.00 e. The molecular formula is C15H46FeN2PSi4+. The van der Waals surface area contributed by atoms with Crippen LogP contribution >= 0.6 is 7.92 Å². The Hall–Kier alpha value is 1.74. The molecule has 0 aromatic rings. The van der Waals surface area contributed by atoms with Gasteiger partial charge in [0.25, 0.3) is 0 Å². The fourth-order valence-electron chi connectivity index (χ4n) is 2.01. The van der Waals surface area contributed by atoms with Crippen LogP contribution in [0.2, 0.25) is 78.6 Å². The van der Waals surface area contributed by atoms with E-state index in [9.17, 15) is 0 Å². The Labute approximate surface area is 165 Å². The third-order valence-corrected chi connectivity index (χ3v) is 12.1. The van der Waals surface area contributed by atoms with Gasteiger partial charge >= 0.3 is 17.1 Å². The van der Waals surface area contributed by atoms with Crippen molar-refractivity contribution in [1.82, 2.24) is 0 Å². The second-order valence-electron chi connectivity index (χ2n) is 10.4. The summed E-state index contributed by atoms with van der Waals surface area (Å²) in [6.45, 7) is 34.4. The van der Waals surface area contributed by atoms with Crippen LogP contribution in [0.1, 0.15) is 0 Å². The van der Waals surface area contributed by atoms with Crippen LogP contribution in [-0.2, 0) is 17.1 Å². The molecule has 0 heterocycles. The zero-order valence-electron chi connectivity index (χ0n) is 18.7. The Morgan fingerprint density at radius 1 is 0.435 bits per heavy atom. The van der Waals surface area contributed by atoms with Gasteiger partial charge in [0.15, 0.2) is 0 Å². The van der Waals surface area contributed by atoms with Gasteiger partial charge in [-0.1, -0.05) is 112 Å². The summed E-state index contributed by atoms with van der Waals surface area (Å²) in [6, 6.07) is 0. The monoisotopic (exact) mass is 453 g/mol. The molecule has 0 saturated carbocycles.